The van der Waals surface area contributed by atoms with E-state index in [1.54, 1.807) is 12.1 Å². The van der Waals surface area contributed by atoms with Gasteiger partial charge in [0.15, 0.2) is 0 Å². The Kier molecular flexibility index (Phi) is 6.66. The van der Waals surface area contributed by atoms with Gasteiger partial charge in [-0.3, -0.25) is 0 Å². The molecule has 4 aromatic carbocycles. The highest BCUT2D eigenvalue weighted by molar-refractivity contribution is 5.71. The standard InChI is InChI=1S/C28H24O3/c29-26-15-13-22(14-16-26)11-12-25-17-27(30-20-23-7-3-1-4-8-23)19-28(18-25)31-21-24-9-5-2-6-10-24/h1-19,29H,20-21H2/b12-11+. The molecule has 0 spiro atoms. The molecule has 0 aliphatic rings. The predicted molar refractivity (Wildman–Crippen MR) is 125 cm³/mol. The van der Waals surface area contributed by atoms with E-state index in [4.69, 9.17) is 9.47 Å². The van der Waals surface area contributed by atoms with E-state index in [-0.39, 0.29) is 5.75 Å². The lowest BCUT2D eigenvalue weighted by molar-refractivity contribution is 0.290. The monoisotopic (exact) mass is 408 g/mol. The van der Waals surface area contributed by atoms with Crippen molar-refractivity contribution in [3.8, 4) is 17.2 Å². The maximum atomic E-state index is 9.46. The molecule has 154 valence electrons. The zero-order valence-corrected chi connectivity index (χ0v) is 17.1. The van der Waals surface area contributed by atoms with Crippen molar-refractivity contribution in [1.29, 1.82) is 0 Å². The minimum absolute atomic E-state index is 0.255. The lowest BCUT2D eigenvalue weighted by atomic mass is 10.1. The van der Waals surface area contributed by atoms with Crippen molar-refractivity contribution in [1.82, 2.24) is 0 Å². The fraction of sp³-hybridized carbons (Fsp3) is 0.0714. The maximum Gasteiger partial charge on any atom is 0.124 e. The summed E-state index contributed by atoms with van der Waals surface area (Å²) in [5.41, 5.74) is 4.19. The fourth-order valence-electron chi connectivity index (χ4n) is 3.12. The van der Waals surface area contributed by atoms with E-state index >= 15 is 0 Å². The summed E-state index contributed by atoms with van der Waals surface area (Å²) in [5, 5.41) is 9.46. The molecule has 4 rings (SSSR count). The van der Waals surface area contributed by atoms with Crippen LogP contribution < -0.4 is 9.47 Å². The van der Waals surface area contributed by atoms with Crippen molar-refractivity contribution < 1.29 is 14.6 Å². The Hall–Kier alpha value is -3.98. The Morgan fingerprint density at radius 3 is 1.55 bits per heavy atom. The van der Waals surface area contributed by atoms with E-state index in [0.29, 0.717) is 13.2 Å². The minimum atomic E-state index is 0.255. The number of benzene rings is 4. The second-order valence-electron chi connectivity index (χ2n) is 7.21. The Labute approximate surface area is 182 Å². The predicted octanol–water partition coefficient (Wildman–Crippen LogP) is 6.72. The summed E-state index contributed by atoms with van der Waals surface area (Å²) in [4.78, 5) is 0. The van der Waals surface area contributed by atoms with Crippen molar-refractivity contribution in [3.63, 3.8) is 0 Å². The van der Waals surface area contributed by atoms with Crippen LogP contribution in [0.15, 0.2) is 103 Å². The zero-order chi connectivity index (χ0) is 21.3. The van der Waals surface area contributed by atoms with Crippen molar-refractivity contribution in [3.05, 3.63) is 125 Å². The molecule has 0 saturated heterocycles. The van der Waals surface area contributed by atoms with Crippen LogP contribution in [0.5, 0.6) is 17.2 Å². The van der Waals surface area contributed by atoms with Gasteiger partial charge in [-0.15, -0.1) is 0 Å². The average Bonchev–Trinajstić information content (AvgIpc) is 2.82. The van der Waals surface area contributed by atoms with Gasteiger partial charge in [0.2, 0.25) is 0 Å². The molecule has 0 amide bonds. The van der Waals surface area contributed by atoms with E-state index in [1.807, 2.05) is 103 Å². The summed E-state index contributed by atoms with van der Waals surface area (Å²) in [5.74, 6) is 1.75. The first kappa shape index (κ1) is 20.3. The average molecular weight is 408 g/mol. The smallest absolute Gasteiger partial charge is 0.124 e. The van der Waals surface area contributed by atoms with Gasteiger partial charge in [0.05, 0.1) is 0 Å². The molecule has 0 saturated carbocycles. The number of aromatic hydroxyl groups is 1. The largest absolute Gasteiger partial charge is 0.508 e. The molecular weight excluding hydrogens is 384 g/mol. The second kappa shape index (κ2) is 10.2. The molecule has 0 atom stereocenters. The van der Waals surface area contributed by atoms with Crippen molar-refractivity contribution >= 4 is 12.2 Å². The summed E-state index contributed by atoms with van der Waals surface area (Å²) >= 11 is 0. The van der Waals surface area contributed by atoms with Crippen LogP contribution in [0.3, 0.4) is 0 Å². The van der Waals surface area contributed by atoms with Gasteiger partial charge in [-0.2, -0.15) is 0 Å². The van der Waals surface area contributed by atoms with Gasteiger partial charge in [0, 0.05) is 6.07 Å². The van der Waals surface area contributed by atoms with Gasteiger partial charge < -0.3 is 14.6 Å². The van der Waals surface area contributed by atoms with E-state index in [2.05, 4.69) is 0 Å². The normalized spacial score (nSPS) is 10.8. The quantitative estimate of drug-likeness (QED) is 0.329. The van der Waals surface area contributed by atoms with Crippen molar-refractivity contribution in [2.24, 2.45) is 0 Å². The number of phenols is 1. The molecule has 0 bridgehead atoms. The molecule has 3 heteroatoms. The summed E-state index contributed by atoms with van der Waals surface area (Å²) < 4.78 is 12.1. The number of hydrogen-bond acceptors (Lipinski definition) is 3. The third-order valence-corrected chi connectivity index (χ3v) is 4.76. The van der Waals surface area contributed by atoms with Gasteiger partial charge >= 0.3 is 0 Å². The van der Waals surface area contributed by atoms with Gasteiger partial charge in [0.25, 0.3) is 0 Å². The molecule has 0 aromatic heterocycles. The van der Waals surface area contributed by atoms with Crippen molar-refractivity contribution in [2.45, 2.75) is 13.2 Å². The number of phenolic OH excluding ortho intramolecular Hbond substituents is 1. The van der Waals surface area contributed by atoms with Gasteiger partial charge in [-0.1, -0.05) is 84.9 Å². The number of hydrogen-bond donors (Lipinski definition) is 1. The zero-order valence-electron chi connectivity index (χ0n) is 17.1. The van der Waals surface area contributed by atoms with E-state index in [1.165, 1.54) is 0 Å². The molecule has 3 nitrogen and oxygen atoms in total. The van der Waals surface area contributed by atoms with Crippen LogP contribution in [0, 0.1) is 0 Å². The minimum Gasteiger partial charge on any atom is -0.508 e. The summed E-state index contributed by atoms with van der Waals surface area (Å²) in [7, 11) is 0. The molecule has 0 aliphatic carbocycles. The third kappa shape index (κ3) is 6.25. The lowest BCUT2D eigenvalue weighted by Gasteiger charge is -2.12. The fourth-order valence-corrected chi connectivity index (χ4v) is 3.12. The molecule has 0 unspecified atom stereocenters. The van der Waals surface area contributed by atoms with Crippen LogP contribution in [-0.4, -0.2) is 5.11 Å². The Morgan fingerprint density at radius 1 is 0.548 bits per heavy atom. The molecule has 0 aliphatic heterocycles. The highest BCUT2D eigenvalue weighted by Crippen LogP contribution is 2.26. The van der Waals surface area contributed by atoms with Crippen LogP contribution in [-0.2, 0) is 13.2 Å². The summed E-state index contributed by atoms with van der Waals surface area (Å²) in [6.07, 6.45) is 4.01. The SMILES string of the molecule is Oc1ccc(/C=C/c2cc(OCc3ccccc3)cc(OCc3ccccc3)c2)cc1. The van der Waals surface area contributed by atoms with Gasteiger partial charge in [0.1, 0.15) is 30.5 Å². The van der Waals surface area contributed by atoms with Crippen LogP contribution >= 0.6 is 0 Å². The highest BCUT2D eigenvalue weighted by Gasteiger charge is 2.04. The maximum absolute atomic E-state index is 9.46. The van der Waals surface area contributed by atoms with Crippen LogP contribution in [0.2, 0.25) is 0 Å². The Balaban J connectivity index is 1.53. The highest BCUT2D eigenvalue weighted by atomic mass is 16.5. The van der Waals surface area contributed by atoms with E-state index in [9.17, 15) is 5.11 Å². The van der Waals surface area contributed by atoms with Crippen LogP contribution in [0.4, 0.5) is 0 Å². The number of rotatable bonds is 8. The lowest BCUT2D eigenvalue weighted by Crippen LogP contribution is -1.98. The molecule has 4 aromatic rings. The van der Waals surface area contributed by atoms with Crippen LogP contribution in [0.25, 0.3) is 12.2 Å². The van der Waals surface area contributed by atoms with Crippen LogP contribution in [0.1, 0.15) is 22.3 Å². The van der Waals surface area contributed by atoms with Crippen molar-refractivity contribution in [2.75, 3.05) is 0 Å². The molecule has 0 fully saturated rings. The Morgan fingerprint density at radius 2 is 1.03 bits per heavy atom. The Bertz CT molecular complexity index is 1060. The molecule has 1 N–H and O–H groups in total. The van der Waals surface area contributed by atoms with Gasteiger partial charge in [-0.25, -0.2) is 0 Å². The first-order valence-corrected chi connectivity index (χ1v) is 10.2. The van der Waals surface area contributed by atoms with Gasteiger partial charge in [-0.05, 0) is 46.5 Å². The molecule has 0 radical (unpaired) electrons. The first-order chi connectivity index (χ1) is 15.2. The summed E-state index contributed by atoms with van der Waals surface area (Å²) in [6.45, 7) is 0.980. The topological polar surface area (TPSA) is 38.7 Å². The second-order valence-corrected chi connectivity index (χ2v) is 7.21. The molecule has 31 heavy (non-hydrogen) atoms. The number of ether oxygens (including phenoxy) is 2. The van der Waals surface area contributed by atoms with E-state index < -0.39 is 0 Å². The third-order valence-electron chi connectivity index (χ3n) is 4.76. The molecule has 0 heterocycles. The summed E-state index contributed by atoms with van der Waals surface area (Å²) in [6, 6.07) is 33.2. The molecular formula is C28H24O3. The van der Waals surface area contributed by atoms with E-state index in [0.717, 1.165) is 33.8 Å². The first-order valence-electron chi connectivity index (χ1n) is 10.2.